The van der Waals surface area contributed by atoms with Crippen molar-refractivity contribution in [3.8, 4) is 0 Å². The Morgan fingerprint density at radius 1 is 1.39 bits per heavy atom. The highest BCUT2D eigenvalue weighted by Gasteiger charge is 2.11. The number of hydrogen-bond donors (Lipinski definition) is 2. The van der Waals surface area contributed by atoms with E-state index in [2.05, 4.69) is 19.2 Å². The highest BCUT2D eigenvalue weighted by atomic mass is 16.2. The van der Waals surface area contributed by atoms with Gasteiger partial charge in [0.1, 0.15) is 0 Å². The minimum absolute atomic E-state index is 0.0733. The van der Waals surface area contributed by atoms with Gasteiger partial charge < -0.3 is 16.0 Å². The van der Waals surface area contributed by atoms with Gasteiger partial charge in [0.25, 0.3) is 0 Å². The molecule has 1 atom stereocenters. The Morgan fingerprint density at radius 3 is 2.50 bits per heavy atom. The third-order valence-corrected chi connectivity index (χ3v) is 3.07. The fourth-order valence-electron chi connectivity index (χ4n) is 1.62. The van der Waals surface area contributed by atoms with Crippen LogP contribution in [0.1, 0.15) is 25.8 Å². The first-order valence-electron chi connectivity index (χ1n) is 6.38. The Balaban J connectivity index is 2.52. The van der Waals surface area contributed by atoms with Crippen LogP contribution >= 0.6 is 0 Å². The number of carbonyl (C=O) groups is 1. The van der Waals surface area contributed by atoms with Crippen molar-refractivity contribution < 1.29 is 4.79 Å². The Hall–Kier alpha value is -1.55. The maximum absolute atomic E-state index is 11.9. The van der Waals surface area contributed by atoms with Gasteiger partial charge in [-0.05, 0) is 23.6 Å². The van der Waals surface area contributed by atoms with Crippen molar-refractivity contribution in [3.63, 3.8) is 0 Å². The van der Waals surface area contributed by atoms with Crippen molar-refractivity contribution in [2.75, 3.05) is 18.9 Å². The van der Waals surface area contributed by atoms with Crippen LogP contribution in [-0.4, -0.2) is 24.5 Å². The lowest BCUT2D eigenvalue weighted by atomic mass is 10.1. The molecule has 1 aromatic carbocycles. The number of urea groups is 1. The predicted molar refractivity (Wildman–Crippen MR) is 75.4 cm³/mol. The fraction of sp³-hybridized carbons (Fsp3) is 0.500. The van der Waals surface area contributed by atoms with Crippen LogP contribution in [0.3, 0.4) is 0 Å². The van der Waals surface area contributed by atoms with Crippen LogP contribution in [0.25, 0.3) is 0 Å². The summed E-state index contributed by atoms with van der Waals surface area (Å²) in [6.45, 7) is 5.55. The molecule has 0 radical (unpaired) electrons. The first-order valence-corrected chi connectivity index (χ1v) is 6.38. The van der Waals surface area contributed by atoms with Gasteiger partial charge in [0.2, 0.25) is 0 Å². The van der Waals surface area contributed by atoms with E-state index in [4.69, 9.17) is 5.73 Å². The molecule has 3 N–H and O–H groups in total. The van der Waals surface area contributed by atoms with Crippen LogP contribution in [0, 0.1) is 5.92 Å². The average molecular weight is 249 g/mol. The summed E-state index contributed by atoms with van der Waals surface area (Å²) < 4.78 is 0. The Morgan fingerprint density at radius 2 is 2.00 bits per heavy atom. The van der Waals surface area contributed by atoms with Gasteiger partial charge in [0.05, 0.1) is 0 Å². The maximum Gasteiger partial charge on any atom is 0.321 e. The zero-order valence-electron chi connectivity index (χ0n) is 11.4. The van der Waals surface area contributed by atoms with Crippen LogP contribution in [0.5, 0.6) is 0 Å². The lowest BCUT2D eigenvalue weighted by Crippen LogP contribution is -2.34. The molecule has 0 aliphatic heterocycles. The van der Waals surface area contributed by atoms with E-state index < -0.39 is 0 Å². The van der Waals surface area contributed by atoms with Crippen LogP contribution in [0.4, 0.5) is 10.5 Å². The Labute approximate surface area is 109 Å². The molecule has 1 rings (SSSR count). The number of amides is 2. The number of benzene rings is 1. The van der Waals surface area contributed by atoms with Crippen molar-refractivity contribution >= 4 is 11.7 Å². The molecule has 18 heavy (non-hydrogen) atoms. The van der Waals surface area contributed by atoms with E-state index in [9.17, 15) is 4.79 Å². The molecule has 0 fully saturated rings. The van der Waals surface area contributed by atoms with E-state index in [1.54, 1.807) is 4.90 Å². The highest BCUT2D eigenvalue weighted by molar-refractivity contribution is 5.89. The van der Waals surface area contributed by atoms with Crippen molar-refractivity contribution in [1.29, 1.82) is 0 Å². The normalized spacial score (nSPS) is 12.0. The van der Waals surface area contributed by atoms with Gasteiger partial charge in [0.15, 0.2) is 0 Å². The topological polar surface area (TPSA) is 58.4 Å². The van der Waals surface area contributed by atoms with E-state index in [1.807, 2.05) is 31.3 Å². The first-order chi connectivity index (χ1) is 8.56. The van der Waals surface area contributed by atoms with E-state index in [-0.39, 0.29) is 6.03 Å². The molecule has 2 amide bonds. The summed E-state index contributed by atoms with van der Waals surface area (Å²) in [4.78, 5) is 13.6. The molecule has 100 valence electrons. The summed E-state index contributed by atoms with van der Waals surface area (Å²) in [5.74, 6) is 0.514. The molecule has 0 aliphatic rings. The number of hydrogen-bond acceptors (Lipinski definition) is 2. The second-order valence-corrected chi connectivity index (χ2v) is 4.73. The third-order valence-electron chi connectivity index (χ3n) is 3.07. The number of nitrogens with one attached hydrogen (secondary N) is 1. The molecule has 4 nitrogen and oxygen atoms in total. The van der Waals surface area contributed by atoms with Crippen molar-refractivity contribution in [2.24, 2.45) is 11.7 Å². The second-order valence-electron chi connectivity index (χ2n) is 4.73. The van der Waals surface area contributed by atoms with Gasteiger partial charge in [0, 0.05) is 25.8 Å². The highest BCUT2D eigenvalue weighted by Crippen LogP contribution is 2.10. The monoisotopic (exact) mass is 249 g/mol. The Kier molecular flexibility index (Phi) is 5.65. The minimum atomic E-state index is -0.0733. The van der Waals surface area contributed by atoms with Crippen molar-refractivity contribution in [2.45, 2.75) is 26.8 Å². The van der Waals surface area contributed by atoms with Gasteiger partial charge in [-0.2, -0.15) is 0 Å². The standard InChI is InChI=1S/C14H23N3O/c1-4-11(2)10-17(3)14(18)16-13-7-5-12(9-15)6-8-13/h5-8,11H,4,9-10,15H2,1-3H3,(H,16,18). The summed E-state index contributed by atoms with van der Waals surface area (Å²) in [5, 5.41) is 2.87. The quantitative estimate of drug-likeness (QED) is 0.843. The minimum Gasteiger partial charge on any atom is -0.327 e. The number of anilines is 1. The SMILES string of the molecule is CCC(C)CN(C)C(=O)Nc1ccc(CN)cc1. The van der Waals surface area contributed by atoms with E-state index in [0.717, 1.165) is 24.2 Å². The van der Waals surface area contributed by atoms with Crippen LogP contribution in [0.2, 0.25) is 0 Å². The molecule has 0 aliphatic carbocycles. The molecule has 0 saturated heterocycles. The predicted octanol–water partition coefficient (Wildman–Crippen LogP) is 2.66. The summed E-state index contributed by atoms with van der Waals surface area (Å²) in [7, 11) is 1.82. The summed E-state index contributed by atoms with van der Waals surface area (Å²) in [6.07, 6.45) is 1.07. The van der Waals surface area contributed by atoms with Gasteiger partial charge >= 0.3 is 6.03 Å². The largest absolute Gasteiger partial charge is 0.327 e. The summed E-state index contributed by atoms with van der Waals surface area (Å²) >= 11 is 0. The maximum atomic E-state index is 11.9. The second kappa shape index (κ2) is 7.01. The zero-order valence-corrected chi connectivity index (χ0v) is 11.4. The number of rotatable bonds is 5. The van der Waals surface area contributed by atoms with E-state index in [1.165, 1.54) is 0 Å². The van der Waals surface area contributed by atoms with Gasteiger partial charge in [-0.1, -0.05) is 32.4 Å². The van der Waals surface area contributed by atoms with Gasteiger partial charge in [-0.3, -0.25) is 0 Å². The summed E-state index contributed by atoms with van der Waals surface area (Å²) in [5.41, 5.74) is 7.38. The van der Waals surface area contributed by atoms with Crippen LogP contribution < -0.4 is 11.1 Å². The molecule has 0 aromatic heterocycles. The molecule has 1 unspecified atom stereocenters. The molecule has 0 saturated carbocycles. The zero-order chi connectivity index (χ0) is 13.5. The van der Waals surface area contributed by atoms with Crippen LogP contribution in [-0.2, 0) is 6.54 Å². The molecule has 0 spiro atoms. The lowest BCUT2D eigenvalue weighted by molar-refractivity contribution is 0.215. The molecule has 0 heterocycles. The summed E-state index contributed by atoms with van der Waals surface area (Å²) in [6, 6.07) is 7.51. The molecular formula is C14H23N3O. The number of nitrogens with two attached hydrogens (primary N) is 1. The third kappa shape index (κ3) is 4.37. The van der Waals surface area contributed by atoms with E-state index in [0.29, 0.717) is 12.5 Å². The van der Waals surface area contributed by atoms with Gasteiger partial charge in [-0.15, -0.1) is 0 Å². The molecule has 1 aromatic rings. The Bertz CT molecular complexity index is 375. The molecule has 4 heteroatoms. The van der Waals surface area contributed by atoms with Crippen LogP contribution in [0.15, 0.2) is 24.3 Å². The van der Waals surface area contributed by atoms with E-state index >= 15 is 0 Å². The van der Waals surface area contributed by atoms with Crippen molar-refractivity contribution in [1.82, 2.24) is 4.90 Å². The first kappa shape index (κ1) is 14.5. The van der Waals surface area contributed by atoms with Crippen molar-refractivity contribution in [3.05, 3.63) is 29.8 Å². The lowest BCUT2D eigenvalue weighted by Gasteiger charge is -2.21. The number of carbonyl (C=O) groups excluding carboxylic acids is 1. The number of nitrogens with zero attached hydrogens (tertiary/aromatic N) is 1. The smallest absolute Gasteiger partial charge is 0.321 e. The molecular weight excluding hydrogens is 226 g/mol. The van der Waals surface area contributed by atoms with Gasteiger partial charge in [-0.25, -0.2) is 4.79 Å². The molecule has 0 bridgehead atoms. The average Bonchev–Trinajstić information content (AvgIpc) is 2.39. The fourth-order valence-corrected chi connectivity index (χ4v) is 1.62.